The summed E-state index contributed by atoms with van der Waals surface area (Å²) in [7, 11) is 0. The van der Waals surface area contributed by atoms with E-state index in [2.05, 4.69) is 60.8 Å². The zero-order chi connectivity index (χ0) is 40.1. The molecule has 0 aliphatic rings. The van der Waals surface area contributed by atoms with Crippen LogP contribution in [-0.4, -0.2) is 36.3 Å². The summed E-state index contributed by atoms with van der Waals surface area (Å²) in [5.74, 6) is -0.251. The Hall–Kier alpha value is -6.64. The lowest BCUT2D eigenvalue weighted by Crippen LogP contribution is -2.31. The van der Waals surface area contributed by atoms with Crippen LogP contribution < -0.4 is 14.8 Å². The molecule has 0 aliphatic carbocycles. The molecule has 0 amide bonds. The van der Waals surface area contributed by atoms with Gasteiger partial charge in [-0.05, 0) is 123 Å². The van der Waals surface area contributed by atoms with Gasteiger partial charge in [0.2, 0.25) is 0 Å². The smallest absolute Gasteiger partial charge is 0.343 e. The molecule has 56 heavy (non-hydrogen) atoms. The van der Waals surface area contributed by atoms with Gasteiger partial charge in [-0.2, -0.15) is 0 Å². The highest BCUT2D eigenvalue weighted by Gasteiger charge is 2.16. The summed E-state index contributed by atoms with van der Waals surface area (Å²) >= 11 is 0. The first kappa shape index (κ1) is 40.5. The predicted molar refractivity (Wildman–Crippen MR) is 219 cm³/mol. The van der Waals surface area contributed by atoms with Gasteiger partial charge in [-0.1, -0.05) is 96.1 Å². The third-order valence-corrected chi connectivity index (χ3v) is 8.39. The molecule has 284 valence electrons. The number of carbonyl (C=O) groups excluding carboxylic acids is 4. The summed E-state index contributed by atoms with van der Waals surface area (Å²) < 4.78 is 16.0. The Morgan fingerprint density at radius 1 is 0.536 bits per heavy atom. The van der Waals surface area contributed by atoms with Crippen LogP contribution in [0.15, 0.2) is 146 Å². The molecule has 0 unspecified atom stereocenters. The molecule has 6 aromatic carbocycles. The summed E-state index contributed by atoms with van der Waals surface area (Å²) in [6.07, 6.45) is 0.745. The van der Waals surface area contributed by atoms with Gasteiger partial charge in [0.15, 0.2) is 0 Å². The Labute approximate surface area is 328 Å². The summed E-state index contributed by atoms with van der Waals surface area (Å²) in [4.78, 5) is 47.0. The highest BCUT2D eigenvalue weighted by Crippen LogP contribution is 2.23. The van der Waals surface area contributed by atoms with Crippen LogP contribution in [0.25, 0.3) is 22.3 Å². The molecule has 0 heterocycles. The number of hydrogen-bond donors (Lipinski definition) is 1. The van der Waals surface area contributed by atoms with Gasteiger partial charge < -0.3 is 19.5 Å². The molecule has 8 nitrogen and oxygen atoms in total. The number of carbonyl (C=O) groups is 4. The van der Waals surface area contributed by atoms with Crippen molar-refractivity contribution in [2.75, 3.05) is 6.54 Å². The maximum atomic E-state index is 12.5. The van der Waals surface area contributed by atoms with Gasteiger partial charge in [-0.3, -0.25) is 9.59 Å². The van der Waals surface area contributed by atoms with E-state index >= 15 is 0 Å². The maximum Gasteiger partial charge on any atom is 0.343 e. The standard InChI is InChI=1S/C27H29NO4.C21H16O3/c1-19-5-9-21(10-6-19)22-11-13-23(14-12-22)26(30)31-24-15-7-20(8-16-24)17-28-18-25(29)32-27(2,3)4;1-15-2-6-17(7-3-15)18-8-10-19(11-9-18)21(23)24-20-12-4-16(14-22)5-13-20/h5-16,28H,17-18H2,1-4H3;2-14H,1H3. The maximum absolute atomic E-state index is 12.5. The van der Waals surface area contributed by atoms with Crippen molar-refractivity contribution in [1.82, 2.24) is 5.32 Å². The van der Waals surface area contributed by atoms with Crippen molar-refractivity contribution in [3.63, 3.8) is 0 Å². The Bertz CT molecular complexity index is 2220. The molecule has 0 fully saturated rings. The Morgan fingerprint density at radius 2 is 0.911 bits per heavy atom. The molecule has 6 aromatic rings. The second kappa shape index (κ2) is 19.1. The van der Waals surface area contributed by atoms with E-state index < -0.39 is 17.5 Å². The molecular weight excluding hydrogens is 703 g/mol. The van der Waals surface area contributed by atoms with E-state index in [4.69, 9.17) is 14.2 Å². The van der Waals surface area contributed by atoms with E-state index in [-0.39, 0.29) is 12.5 Å². The van der Waals surface area contributed by atoms with Crippen LogP contribution >= 0.6 is 0 Å². The first-order chi connectivity index (χ1) is 26.8. The van der Waals surface area contributed by atoms with Crippen molar-refractivity contribution >= 4 is 24.2 Å². The van der Waals surface area contributed by atoms with E-state index in [0.717, 1.165) is 34.1 Å². The molecule has 0 saturated heterocycles. The van der Waals surface area contributed by atoms with Crippen molar-refractivity contribution in [2.45, 2.75) is 46.8 Å². The number of benzene rings is 6. The fraction of sp³-hybridized carbons (Fsp3) is 0.167. The number of nitrogens with one attached hydrogen (secondary N) is 1. The van der Waals surface area contributed by atoms with Crippen molar-refractivity contribution in [1.29, 1.82) is 0 Å². The largest absolute Gasteiger partial charge is 0.459 e. The fourth-order valence-electron chi connectivity index (χ4n) is 5.40. The minimum Gasteiger partial charge on any atom is -0.459 e. The highest BCUT2D eigenvalue weighted by molar-refractivity contribution is 5.92. The van der Waals surface area contributed by atoms with Gasteiger partial charge in [0, 0.05) is 12.1 Å². The first-order valence-corrected chi connectivity index (χ1v) is 18.2. The van der Waals surface area contributed by atoms with Crippen LogP contribution in [0.4, 0.5) is 0 Å². The SMILES string of the molecule is Cc1ccc(-c2ccc(C(=O)Oc3ccc(C=O)cc3)cc2)cc1.Cc1ccc(-c2ccc(C(=O)Oc3ccc(CNCC(=O)OC(C)(C)C)cc3)cc2)cc1. The van der Waals surface area contributed by atoms with Crippen molar-refractivity contribution < 1.29 is 33.4 Å². The lowest BCUT2D eigenvalue weighted by atomic mass is 10.0. The summed E-state index contributed by atoms with van der Waals surface area (Å²) in [5, 5.41) is 3.05. The summed E-state index contributed by atoms with van der Waals surface area (Å²) in [6.45, 7) is 10.2. The van der Waals surface area contributed by atoms with Crippen LogP contribution in [0.1, 0.15) is 68.5 Å². The molecule has 0 bridgehead atoms. The quantitative estimate of drug-likeness (QED) is 0.0793. The van der Waals surface area contributed by atoms with Crippen LogP contribution in [0, 0.1) is 13.8 Å². The Balaban J connectivity index is 0.000000223. The minimum atomic E-state index is -0.495. The molecule has 8 heteroatoms. The van der Waals surface area contributed by atoms with Crippen LogP contribution in [-0.2, 0) is 16.1 Å². The van der Waals surface area contributed by atoms with Crippen molar-refractivity contribution in [2.24, 2.45) is 0 Å². The van der Waals surface area contributed by atoms with E-state index in [1.54, 1.807) is 60.7 Å². The lowest BCUT2D eigenvalue weighted by Gasteiger charge is -2.19. The number of rotatable bonds is 11. The summed E-state index contributed by atoms with van der Waals surface area (Å²) in [6, 6.07) is 44.7. The molecule has 0 atom stereocenters. The lowest BCUT2D eigenvalue weighted by molar-refractivity contribution is -0.153. The molecule has 0 aromatic heterocycles. The van der Waals surface area contributed by atoms with Gasteiger partial charge in [0.25, 0.3) is 0 Å². The number of hydrogen-bond acceptors (Lipinski definition) is 8. The zero-order valence-corrected chi connectivity index (χ0v) is 32.2. The molecule has 0 saturated carbocycles. The number of aryl methyl sites for hydroxylation is 2. The van der Waals surface area contributed by atoms with Crippen LogP contribution in [0.3, 0.4) is 0 Å². The topological polar surface area (TPSA) is 108 Å². The van der Waals surface area contributed by atoms with Gasteiger partial charge in [0.1, 0.15) is 23.4 Å². The molecular formula is C48H45NO7. The first-order valence-electron chi connectivity index (χ1n) is 18.2. The van der Waals surface area contributed by atoms with Gasteiger partial charge in [-0.25, -0.2) is 9.59 Å². The summed E-state index contributed by atoms with van der Waals surface area (Å²) in [5.41, 5.74) is 8.69. The fourth-order valence-corrected chi connectivity index (χ4v) is 5.40. The van der Waals surface area contributed by atoms with E-state index in [1.165, 1.54) is 11.1 Å². The van der Waals surface area contributed by atoms with E-state index in [9.17, 15) is 19.2 Å². The predicted octanol–water partition coefficient (Wildman–Crippen LogP) is 10.0. The molecule has 1 N–H and O–H groups in total. The average Bonchev–Trinajstić information content (AvgIpc) is 3.19. The van der Waals surface area contributed by atoms with Crippen molar-refractivity contribution in [3.8, 4) is 33.8 Å². The number of ether oxygens (including phenoxy) is 3. The van der Waals surface area contributed by atoms with Crippen molar-refractivity contribution in [3.05, 3.63) is 179 Å². The monoisotopic (exact) mass is 747 g/mol. The molecule has 0 radical (unpaired) electrons. The second-order valence-corrected chi connectivity index (χ2v) is 14.2. The second-order valence-electron chi connectivity index (χ2n) is 14.2. The average molecular weight is 748 g/mol. The Morgan fingerprint density at radius 3 is 1.29 bits per heavy atom. The molecule has 0 aliphatic heterocycles. The number of esters is 3. The highest BCUT2D eigenvalue weighted by atomic mass is 16.6. The number of aldehydes is 1. The van der Waals surface area contributed by atoms with Crippen LogP contribution in [0.5, 0.6) is 11.5 Å². The molecule has 0 spiro atoms. The molecule has 6 rings (SSSR count). The normalized spacial score (nSPS) is 10.7. The third kappa shape index (κ3) is 12.5. The zero-order valence-electron chi connectivity index (χ0n) is 32.2. The van der Waals surface area contributed by atoms with Gasteiger partial charge in [-0.15, -0.1) is 0 Å². The van der Waals surface area contributed by atoms with Gasteiger partial charge >= 0.3 is 17.9 Å². The van der Waals surface area contributed by atoms with E-state index in [1.807, 2.05) is 64.1 Å². The minimum absolute atomic E-state index is 0.132. The Kier molecular flexibility index (Phi) is 13.8. The van der Waals surface area contributed by atoms with E-state index in [0.29, 0.717) is 34.7 Å². The third-order valence-electron chi connectivity index (χ3n) is 8.39. The van der Waals surface area contributed by atoms with Gasteiger partial charge in [0.05, 0.1) is 17.7 Å². The van der Waals surface area contributed by atoms with Crippen LogP contribution in [0.2, 0.25) is 0 Å².